The molecule has 1 aliphatic carbocycles. The molecule has 0 saturated heterocycles. The lowest BCUT2D eigenvalue weighted by Crippen LogP contribution is -2.21. The molecule has 0 radical (unpaired) electrons. The predicted molar refractivity (Wildman–Crippen MR) is 71.2 cm³/mol. The van der Waals surface area contributed by atoms with E-state index in [-0.39, 0.29) is 0 Å². The van der Waals surface area contributed by atoms with E-state index in [1.54, 1.807) is 6.08 Å². The van der Waals surface area contributed by atoms with Crippen molar-refractivity contribution in [1.29, 1.82) is 0 Å². The maximum atomic E-state index is 5.63. The van der Waals surface area contributed by atoms with E-state index >= 15 is 0 Å². The molecule has 1 fully saturated rings. The summed E-state index contributed by atoms with van der Waals surface area (Å²) in [4.78, 5) is 0. The van der Waals surface area contributed by atoms with Crippen LogP contribution in [-0.2, 0) is 6.54 Å². The van der Waals surface area contributed by atoms with Gasteiger partial charge in [-0.15, -0.1) is 0 Å². The van der Waals surface area contributed by atoms with Crippen LogP contribution in [0, 0.1) is 5.41 Å². The summed E-state index contributed by atoms with van der Waals surface area (Å²) in [6.07, 6.45) is 4.48. The summed E-state index contributed by atoms with van der Waals surface area (Å²) < 4.78 is 5.63. The standard InChI is InChI=1S/C15H21NO/c1-3-10-17-14-7-5-4-6-13(14)11-16-12-15(2)8-9-15/h3-7,16H,1,8-12H2,2H3. The first-order chi connectivity index (χ1) is 8.23. The van der Waals surface area contributed by atoms with E-state index in [1.165, 1.54) is 18.4 Å². The van der Waals surface area contributed by atoms with Crippen LogP contribution in [0.3, 0.4) is 0 Å². The van der Waals surface area contributed by atoms with Gasteiger partial charge in [-0.2, -0.15) is 0 Å². The zero-order valence-corrected chi connectivity index (χ0v) is 10.5. The maximum Gasteiger partial charge on any atom is 0.124 e. The molecule has 2 nitrogen and oxygen atoms in total. The van der Waals surface area contributed by atoms with E-state index in [0.717, 1.165) is 18.8 Å². The number of nitrogens with one attached hydrogen (secondary N) is 1. The molecule has 0 atom stereocenters. The van der Waals surface area contributed by atoms with Gasteiger partial charge in [-0.25, -0.2) is 0 Å². The fraction of sp³-hybridized carbons (Fsp3) is 0.467. The van der Waals surface area contributed by atoms with Gasteiger partial charge in [0, 0.05) is 18.7 Å². The normalized spacial score (nSPS) is 16.5. The van der Waals surface area contributed by atoms with Crippen LogP contribution >= 0.6 is 0 Å². The summed E-state index contributed by atoms with van der Waals surface area (Å²) in [7, 11) is 0. The fourth-order valence-corrected chi connectivity index (χ4v) is 1.83. The molecule has 2 heteroatoms. The average Bonchev–Trinajstić information content (AvgIpc) is 3.06. The number of ether oxygens (including phenoxy) is 1. The zero-order valence-electron chi connectivity index (χ0n) is 10.5. The second-order valence-electron chi connectivity index (χ2n) is 5.12. The van der Waals surface area contributed by atoms with Crippen LogP contribution in [0.25, 0.3) is 0 Å². The highest BCUT2D eigenvalue weighted by Gasteiger charge is 2.36. The Kier molecular flexibility index (Phi) is 3.85. The molecule has 0 spiro atoms. The number of para-hydroxylation sites is 1. The second kappa shape index (κ2) is 5.37. The van der Waals surface area contributed by atoms with Crippen molar-refractivity contribution in [2.45, 2.75) is 26.3 Å². The third kappa shape index (κ3) is 3.60. The quantitative estimate of drug-likeness (QED) is 0.728. The van der Waals surface area contributed by atoms with E-state index in [9.17, 15) is 0 Å². The van der Waals surface area contributed by atoms with E-state index < -0.39 is 0 Å². The van der Waals surface area contributed by atoms with Gasteiger partial charge in [0.2, 0.25) is 0 Å². The summed E-state index contributed by atoms with van der Waals surface area (Å²) in [5.74, 6) is 0.959. The van der Waals surface area contributed by atoms with Crippen molar-refractivity contribution in [2.24, 2.45) is 5.41 Å². The van der Waals surface area contributed by atoms with Gasteiger partial charge in [0.25, 0.3) is 0 Å². The monoisotopic (exact) mass is 231 g/mol. The Morgan fingerprint density at radius 1 is 1.41 bits per heavy atom. The fourth-order valence-electron chi connectivity index (χ4n) is 1.83. The van der Waals surface area contributed by atoms with Gasteiger partial charge >= 0.3 is 0 Å². The lowest BCUT2D eigenvalue weighted by atomic mass is 10.1. The maximum absolute atomic E-state index is 5.63. The topological polar surface area (TPSA) is 21.3 Å². The summed E-state index contributed by atoms with van der Waals surface area (Å²) in [6, 6.07) is 8.18. The molecule has 0 unspecified atom stereocenters. The first kappa shape index (κ1) is 12.2. The van der Waals surface area contributed by atoms with E-state index in [0.29, 0.717) is 12.0 Å². The van der Waals surface area contributed by atoms with Crippen LogP contribution in [0.15, 0.2) is 36.9 Å². The van der Waals surface area contributed by atoms with Gasteiger partial charge < -0.3 is 10.1 Å². The largest absolute Gasteiger partial charge is 0.489 e. The lowest BCUT2D eigenvalue weighted by Gasteiger charge is -2.13. The molecule has 0 heterocycles. The zero-order chi connectivity index (χ0) is 12.1. The number of hydrogen-bond acceptors (Lipinski definition) is 2. The molecule has 1 aromatic carbocycles. The Balaban J connectivity index is 1.87. The summed E-state index contributed by atoms with van der Waals surface area (Å²) in [6.45, 7) is 8.54. The molecule has 0 bridgehead atoms. The summed E-state index contributed by atoms with van der Waals surface area (Å²) in [5, 5.41) is 3.52. The molecular formula is C15H21NO. The third-order valence-corrected chi connectivity index (χ3v) is 3.30. The molecule has 0 aromatic heterocycles. The number of hydrogen-bond donors (Lipinski definition) is 1. The highest BCUT2D eigenvalue weighted by Crippen LogP contribution is 2.44. The molecule has 0 amide bonds. The number of rotatable bonds is 7. The highest BCUT2D eigenvalue weighted by atomic mass is 16.5. The van der Waals surface area contributed by atoms with Crippen molar-refractivity contribution in [3.8, 4) is 5.75 Å². The minimum Gasteiger partial charge on any atom is -0.489 e. The van der Waals surface area contributed by atoms with Crippen molar-refractivity contribution in [3.63, 3.8) is 0 Å². The van der Waals surface area contributed by atoms with Crippen molar-refractivity contribution >= 4 is 0 Å². The van der Waals surface area contributed by atoms with Crippen LogP contribution in [0.4, 0.5) is 0 Å². The van der Waals surface area contributed by atoms with Gasteiger partial charge in [0.05, 0.1) is 0 Å². The Bertz CT molecular complexity index is 382. The summed E-state index contributed by atoms with van der Waals surface area (Å²) >= 11 is 0. The molecule has 0 aliphatic heterocycles. The Morgan fingerprint density at radius 3 is 2.88 bits per heavy atom. The van der Waals surface area contributed by atoms with Crippen molar-refractivity contribution < 1.29 is 4.74 Å². The van der Waals surface area contributed by atoms with Crippen LogP contribution in [0.2, 0.25) is 0 Å². The van der Waals surface area contributed by atoms with Crippen LogP contribution in [0.5, 0.6) is 5.75 Å². The van der Waals surface area contributed by atoms with Gasteiger partial charge in [-0.3, -0.25) is 0 Å². The van der Waals surface area contributed by atoms with Crippen molar-refractivity contribution in [3.05, 3.63) is 42.5 Å². The molecule has 92 valence electrons. The minimum atomic E-state index is 0.552. The second-order valence-corrected chi connectivity index (χ2v) is 5.12. The third-order valence-electron chi connectivity index (χ3n) is 3.30. The van der Waals surface area contributed by atoms with Crippen LogP contribution in [0.1, 0.15) is 25.3 Å². The van der Waals surface area contributed by atoms with Crippen LogP contribution in [-0.4, -0.2) is 13.2 Å². The molecule has 1 aromatic rings. The molecule has 1 aliphatic rings. The highest BCUT2D eigenvalue weighted by molar-refractivity contribution is 5.33. The van der Waals surface area contributed by atoms with Gasteiger partial charge in [-0.05, 0) is 24.3 Å². The lowest BCUT2D eigenvalue weighted by molar-refractivity contribution is 0.357. The van der Waals surface area contributed by atoms with Gasteiger partial charge in [0.1, 0.15) is 12.4 Å². The van der Waals surface area contributed by atoms with Crippen LogP contribution < -0.4 is 10.1 Å². The Morgan fingerprint density at radius 2 is 2.18 bits per heavy atom. The van der Waals surface area contributed by atoms with Gasteiger partial charge in [0.15, 0.2) is 0 Å². The average molecular weight is 231 g/mol. The van der Waals surface area contributed by atoms with E-state index in [2.05, 4.69) is 31.0 Å². The molecule has 17 heavy (non-hydrogen) atoms. The smallest absolute Gasteiger partial charge is 0.124 e. The van der Waals surface area contributed by atoms with Crippen molar-refractivity contribution in [2.75, 3.05) is 13.2 Å². The molecule has 2 rings (SSSR count). The molecule has 1 saturated carbocycles. The predicted octanol–water partition coefficient (Wildman–Crippen LogP) is 3.14. The van der Waals surface area contributed by atoms with Crippen molar-refractivity contribution in [1.82, 2.24) is 5.32 Å². The Hall–Kier alpha value is -1.28. The Labute approximate surface area is 104 Å². The molecule has 1 N–H and O–H groups in total. The number of benzene rings is 1. The first-order valence-corrected chi connectivity index (χ1v) is 6.26. The van der Waals surface area contributed by atoms with E-state index in [4.69, 9.17) is 4.74 Å². The van der Waals surface area contributed by atoms with E-state index in [1.807, 2.05) is 12.1 Å². The summed E-state index contributed by atoms with van der Waals surface area (Å²) in [5.41, 5.74) is 1.77. The minimum absolute atomic E-state index is 0.552. The SMILES string of the molecule is C=CCOc1ccccc1CNCC1(C)CC1. The molecular weight excluding hydrogens is 210 g/mol. The van der Waals surface area contributed by atoms with Gasteiger partial charge in [-0.1, -0.05) is 37.8 Å². The first-order valence-electron chi connectivity index (χ1n) is 6.26.